The van der Waals surface area contributed by atoms with E-state index in [-0.39, 0.29) is 12.4 Å². The van der Waals surface area contributed by atoms with Gasteiger partial charge < -0.3 is 15.2 Å². The fourth-order valence-electron chi connectivity index (χ4n) is 2.08. The van der Waals surface area contributed by atoms with Crippen LogP contribution >= 0.6 is 0 Å². The van der Waals surface area contributed by atoms with E-state index in [0.29, 0.717) is 19.6 Å². The Morgan fingerprint density at radius 3 is 2.69 bits per heavy atom. The molecule has 3 nitrogen and oxygen atoms in total. The average molecular weight is 225 g/mol. The number of rotatable bonds is 3. The van der Waals surface area contributed by atoms with Crippen LogP contribution in [0.1, 0.15) is 12.0 Å². The minimum Gasteiger partial charge on any atom is -0.396 e. The number of benzene rings is 1. The second-order valence-electron chi connectivity index (χ2n) is 4.00. The summed E-state index contributed by atoms with van der Waals surface area (Å²) in [7, 11) is 0. The van der Waals surface area contributed by atoms with Crippen molar-refractivity contribution in [3.63, 3.8) is 0 Å². The lowest BCUT2D eigenvalue weighted by molar-refractivity contribution is -0.0840. The first-order valence-electron chi connectivity index (χ1n) is 5.48. The van der Waals surface area contributed by atoms with Crippen molar-refractivity contribution < 1.29 is 14.2 Å². The van der Waals surface area contributed by atoms with Gasteiger partial charge in [-0.1, -0.05) is 12.1 Å². The zero-order valence-electron chi connectivity index (χ0n) is 9.08. The van der Waals surface area contributed by atoms with Crippen molar-refractivity contribution in [1.29, 1.82) is 0 Å². The Labute approximate surface area is 94.2 Å². The molecule has 1 heterocycles. The van der Waals surface area contributed by atoms with Crippen molar-refractivity contribution in [3.05, 3.63) is 35.6 Å². The molecule has 16 heavy (non-hydrogen) atoms. The Balaban J connectivity index is 2.26. The summed E-state index contributed by atoms with van der Waals surface area (Å²) in [4.78, 5) is 0. The number of hydrogen-bond acceptors (Lipinski definition) is 3. The molecule has 1 aliphatic rings. The lowest BCUT2D eigenvalue weighted by Gasteiger charge is -2.38. The Kier molecular flexibility index (Phi) is 3.53. The van der Waals surface area contributed by atoms with Gasteiger partial charge in [-0.25, -0.2) is 4.39 Å². The summed E-state index contributed by atoms with van der Waals surface area (Å²) >= 11 is 0. The van der Waals surface area contributed by atoms with Crippen molar-refractivity contribution in [2.24, 2.45) is 0 Å². The molecule has 0 amide bonds. The van der Waals surface area contributed by atoms with Crippen LogP contribution in [0.25, 0.3) is 0 Å². The molecule has 1 saturated heterocycles. The van der Waals surface area contributed by atoms with E-state index in [1.807, 2.05) is 0 Å². The van der Waals surface area contributed by atoms with E-state index in [9.17, 15) is 4.39 Å². The molecule has 0 bridgehead atoms. The van der Waals surface area contributed by atoms with Gasteiger partial charge in [-0.05, 0) is 17.7 Å². The molecule has 0 saturated carbocycles. The second kappa shape index (κ2) is 4.91. The molecule has 0 aliphatic carbocycles. The second-order valence-corrected chi connectivity index (χ2v) is 4.00. The first-order valence-corrected chi connectivity index (χ1v) is 5.48. The van der Waals surface area contributed by atoms with Gasteiger partial charge in [0.1, 0.15) is 11.4 Å². The number of ether oxygens (including phenoxy) is 1. The van der Waals surface area contributed by atoms with Crippen LogP contribution in [0.3, 0.4) is 0 Å². The smallest absolute Gasteiger partial charge is 0.123 e. The van der Waals surface area contributed by atoms with Crippen molar-refractivity contribution in [3.8, 4) is 0 Å². The van der Waals surface area contributed by atoms with Crippen molar-refractivity contribution in [2.75, 3.05) is 26.3 Å². The number of morpholine rings is 1. The fourth-order valence-corrected chi connectivity index (χ4v) is 2.08. The van der Waals surface area contributed by atoms with Crippen LogP contribution in [0.2, 0.25) is 0 Å². The Bertz CT molecular complexity index is 328. The Morgan fingerprint density at radius 2 is 2.12 bits per heavy atom. The van der Waals surface area contributed by atoms with Gasteiger partial charge in [0.15, 0.2) is 0 Å². The lowest BCUT2D eigenvalue weighted by atomic mass is 9.89. The van der Waals surface area contributed by atoms with Gasteiger partial charge >= 0.3 is 0 Å². The van der Waals surface area contributed by atoms with Gasteiger partial charge in [-0.2, -0.15) is 0 Å². The van der Waals surface area contributed by atoms with Crippen LogP contribution in [0.4, 0.5) is 4.39 Å². The predicted molar refractivity (Wildman–Crippen MR) is 58.6 cm³/mol. The molecule has 2 N–H and O–H groups in total. The van der Waals surface area contributed by atoms with Crippen LogP contribution in [0.5, 0.6) is 0 Å². The van der Waals surface area contributed by atoms with Gasteiger partial charge in [0.2, 0.25) is 0 Å². The summed E-state index contributed by atoms with van der Waals surface area (Å²) in [5.41, 5.74) is 0.399. The molecule has 0 aromatic heterocycles. The number of aliphatic hydroxyl groups is 1. The zero-order valence-corrected chi connectivity index (χ0v) is 9.08. The van der Waals surface area contributed by atoms with Gasteiger partial charge in [0.25, 0.3) is 0 Å². The van der Waals surface area contributed by atoms with Crippen molar-refractivity contribution in [2.45, 2.75) is 12.0 Å². The summed E-state index contributed by atoms with van der Waals surface area (Å²) in [6.07, 6.45) is 0.519. The lowest BCUT2D eigenvalue weighted by Crippen LogP contribution is -2.48. The van der Waals surface area contributed by atoms with Crippen LogP contribution in [0, 0.1) is 5.82 Å². The van der Waals surface area contributed by atoms with E-state index in [0.717, 1.165) is 12.1 Å². The predicted octanol–water partition coefficient (Wildman–Crippen LogP) is 1.02. The van der Waals surface area contributed by atoms with E-state index in [1.54, 1.807) is 12.1 Å². The number of hydrogen-bond donors (Lipinski definition) is 2. The van der Waals surface area contributed by atoms with Crippen LogP contribution < -0.4 is 5.32 Å². The van der Waals surface area contributed by atoms with Gasteiger partial charge in [0.05, 0.1) is 6.61 Å². The summed E-state index contributed by atoms with van der Waals surface area (Å²) in [6, 6.07) is 6.29. The standard InChI is InChI=1S/C12H16FNO2/c13-11-3-1-10(2-4-11)12(5-7-15)9-14-6-8-16-12/h1-4,14-15H,5-9H2/t12-/m1/s1. The highest BCUT2D eigenvalue weighted by molar-refractivity contribution is 5.24. The molecule has 0 spiro atoms. The van der Waals surface area contributed by atoms with Crippen LogP contribution in [-0.2, 0) is 10.3 Å². The quantitative estimate of drug-likeness (QED) is 0.807. The molecular formula is C12H16FNO2. The van der Waals surface area contributed by atoms with Crippen LogP contribution in [-0.4, -0.2) is 31.4 Å². The largest absolute Gasteiger partial charge is 0.396 e. The molecule has 2 rings (SSSR count). The number of halogens is 1. The maximum Gasteiger partial charge on any atom is 0.123 e. The fraction of sp³-hybridized carbons (Fsp3) is 0.500. The van der Waals surface area contributed by atoms with Crippen LogP contribution in [0.15, 0.2) is 24.3 Å². The minimum absolute atomic E-state index is 0.0546. The highest BCUT2D eigenvalue weighted by Crippen LogP contribution is 2.30. The van der Waals surface area contributed by atoms with Gasteiger partial charge in [0, 0.05) is 26.1 Å². The molecule has 0 radical (unpaired) electrons. The molecule has 88 valence electrons. The molecule has 1 atom stereocenters. The van der Waals surface area contributed by atoms with Crippen molar-refractivity contribution in [1.82, 2.24) is 5.32 Å². The first kappa shape index (κ1) is 11.5. The molecule has 0 unspecified atom stereocenters. The summed E-state index contributed by atoms with van der Waals surface area (Å²) in [5.74, 6) is -0.258. The van der Waals surface area contributed by atoms with E-state index in [2.05, 4.69) is 5.32 Å². The highest BCUT2D eigenvalue weighted by Gasteiger charge is 2.34. The van der Waals surface area contributed by atoms with E-state index in [1.165, 1.54) is 12.1 Å². The average Bonchev–Trinajstić information content (AvgIpc) is 2.31. The SMILES string of the molecule is OCC[C@]1(c2ccc(F)cc2)CNCCO1. The molecule has 1 fully saturated rings. The Morgan fingerprint density at radius 1 is 1.38 bits per heavy atom. The third-order valence-corrected chi connectivity index (χ3v) is 2.95. The molecule has 4 heteroatoms. The maximum atomic E-state index is 12.9. The number of aliphatic hydroxyl groups excluding tert-OH is 1. The summed E-state index contributed by atoms with van der Waals surface area (Å²) in [6.45, 7) is 2.13. The molecule has 1 aromatic carbocycles. The maximum absolute atomic E-state index is 12.9. The molecule has 1 aliphatic heterocycles. The topological polar surface area (TPSA) is 41.5 Å². The van der Waals surface area contributed by atoms with Gasteiger partial charge in [-0.3, -0.25) is 0 Å². The van der Waals surface area contributed by atoms with E-state index >= 15 is 0 Å². The van der Waals surface area contributed by atoms with Crippen molar-refractivity contribution >= 4 is 0 Å². The minimum atomic E-state index is -0.513. The third-order valence-electron chi connectivity index (χ3n) is 2.95. The monoisotopic (exact) mass is 225 g/mol. The van der Waals surface area contributed by atoms with E-state index < -0.39 is 5.60 Å². The third kappa shape index (κ3) is 2.24. The zero-order chi connectivity index (χ0) is 11.4. The summed E-state index contributed by atoms with van der Waals surface area (Å²) in [5, 5.41) is 12.4. The normalized spacial score (nSPS) is 25.6. The number of nitrogens with one attached hydrogen (secondary N) is 1. The summed E-state index contributed by atoms with van der Waals surface area (Å²) < 4.78 is 18.6. The first-order chi connectivity index (χ1) is 7.77. The molecular weight excluding hydrogens is 209 g/mol. The van der Waals surface area contributed by atoms with E-state index in [4.69, 9.17) is 9.84 Å². The Hall–Kier alpha value is -0.970. The highest BCUT2D eigenvalue weighted by atomic mass is 19.1. The molecule has 1 aromatic rings. The van der Waals surface area contributed by atoms with Gasteiger partial charge in [-0.15, -0.1) is 0 Å².